The summed E-state index contributed by atoms with van der Waals surface area (Å²) in [6.45, 7) is 5.32. The molecule has 0 spiro atoms. The second kappa shape index (κ2) is 4.81. The lowest BCUT2D eigenvalue weighted by atomic mass is 10.3. The molecule has 1 aliphatic carbocycles. The summed E-state index contributed by atoms with van der Waals surface area (Å²) < 4.78 is 25.3. The molecule has 1 aliphatic rings. The molecule has 0 atom stereocenters. The number of hydrogen-bond acceptors (Lipinski definition) is 4. The van der Waals surface area contributed by atoms with Gasteiger partial charge in [0.1, 0.15) is 5.84 Å². The van der Waals surface area contributed by atoms with E-state index in [9.17, 15) is 8.42 Å². The summed E-state index contributed by atoms with van der Waals surface area (Å²) in [5.41, 5.74) is 5.37. The maximum absolute atomic E-state index is 12.3. The standard InChI is InChI=1S/C10H21N3O3S/c1-10(2,3)17(15,16)13(8-4-5-8)7-6-9(11)12-14/h8,14H,4-7H2,1-3H3,(H2,11,12). The molecule has 1 rings (SSSR count). The van der Waals surface area contributed by atoms with Gasteiger partial charge in [0, 0.05) is 19.0 Å². The van der Waals surface area contributed by atoms with Crippen LogP contribution in [0.2, 0.25) is 0 Å². The number of sulfonamides is 1. The van der Waals surface area contributed by atoms with Gasteiger partial charge in [-0.1, -0.05) is 5.16 Å². The summed E-state index contributed by atoms with van der Waals surface area (Å²) in [5, 5.41) is 11.3. The highest BCUT2D eigenvalue weighted by Gasteiger charge is 2.42. The third-order valence-corrected chi connectivity index (χ3v) is 5.40. The number of nitrogens with two attached hydrogens (primary N) is 1. The number of amidine groups is 1. The molecule has 1 saturated carbocycles. The zero-order valence-corrected chi connectivity index (χ0v) is 11.4. The van der Waals surface area contributed by atoms with Crippen molar-refractivity contribution in [2.24, 2.45) is 10.9 Å². The van der Waals surface area contributed by atoms with E-state index in [0.29, 0.717) is 0 Å². The Morgan fingerprint density at radius 3 is 2.35 bits per heavy atom. The Balaban J connectivity index is 2.80. The van der Waals surface area contributed by atoms with Crippen molar-refractivity contribution in [3.63, 3.8) is 0 Å². The van der Waals surface area contributed by atoms with E-state index in [2.05, 4.69) is 5.16 Å². The summed E-state index contributed by atoms with van der Waals surface area (Å²) in [5.74, 6) is 0.0553. The van der Waals surface area contributed by atoms with E-state index < -0.39 is 14.8 Å². The first-order chi connectivity index (χ1) is 7.70. The largest absolute Gasteiger partial charge is 0.409 e. The quantitative estimate of drug-likeness (QED) is 0.330. The minimum Gasteiger partial charge on any atom is -0.409 e. The second-order valence-electron chi connectivity index (χ2n) is 5.30. The van der Waals surface area contributed by atoms with Crippen molar-refractivity contribution >= 4 is 15.9 Å². The normalized spacial score (nSPS) is 18.7. The van der Waals surface area contributed by atoms with Gasteiger partial charge in [-0.15, -0.1) is 0 Å². The summed E-state index contributed by atoms with van der Waals surface area (Å²) in [4.78, 5) is 0. The third-order valence-electron chi connectivity index (χ3n) is 2.75. The van der Waals surface area contributed by atoms with Crippen molar-refractivity contribution in [2.45, 2.75) is 50.8 Å². The Bertz CT molecular complexity index is 394. The monoisotopic (exact) mass is 263 g/mol. The Morgan fingerprint density at radius 2 is 2.00 bits per heavy atom. The first kappa shape index (κ1) is 14.2. The molecule has 6 nitrogen and oxygen atoms in total. The van der Waals surface area contributed by atoms with Gasteiger partial charge in [-0.25, -0.2) is 8.42 Å². The highest BCUT2D eigenvalue weighted by Crippen LogP contribution is 2.33. The molecule has 100 valence electrons. The van der Waals surface area contributed by atoms with Crippen LogP contribution in [0, 0.1) is 0 Å². The van der Waals surface area contributed by atoms with E-state index in [0.717, 1.165) is 12.8 Å². The number of oxime groups is 1. The van der Waals surface area contributed by atoms with Crippen molar-refractivity contribution in [2.75, 3.05) is 6.54 Å². The Labute approximate surface area is 103 Å². The second-order valence-corrected chi connectivity index (χ2v) is 7.94. The first-order valence-corrected chi connectivity index (χ1v) is 7.12. The predicted octanol–water partition coefficient (Wildman–Crippen LogP) is 0.716. The molecule has 0 aromatic rings. The lowest BCUT2D eigenvalue weighted by Crippen LogP contribution is -2.45. The fourth-order valence-electron chi connectivity index (χ4n) is 1.49. The number of nitrogens with zero attached hydrogens (tertiary/aromatic N) is 2. The van der Waals surface area contributed by atoms with Crippen LogP contribution in [0.4, 0.5) is 0 Å². The van der Waals surface area contributed by atoms with Crippen LogP contribution in [0.15, 0.2) is 5.16 Å². The van der Waals surface area contributed by atoms with Gasteiger partial charge in [-0.2, -0.15) is 4.31 Å². The molecule has 1 fully saturated rings. The fraction of sp³-hybridized carbons (Fsp3) is 0.900. The Hall–Kier alpha value is -0.820. The average Bonchev–Trinajstić information content (AvgIpc) is 2.99. The maximum Gasteiger partial charge on any atom is 0.219 e. The van der Waals surface area contributed by atoms with Crippen LogP contribution >= 0.6 is 0 Å². The molecule has 0 unspecified atom stereocenters. The summed E-state index contributed by atoms with van der Waals surface area (Å²) in [7, 11) is -3.34. The van der Waals surface area contributed by atoms with E-state index in [4.69, 9.17) is 10.9 Å². The van der Waals surface area contributed by atoms with Gasteiger partial charge < -0.3 is 10.9 Å². The SMILES string of the molecule is CC(C)(C)S(=O)(=O)N(CCC(N)=NO)C1CC1. The molecule has 7 heteroatoms. The molecule has 0 amide bonds. The topological polar surface area (TPSA) is 96.0 Å². The molecule has 0 aromatic heterocycles. The molecule has 0 radical (unpaired) electrons. The zero-order chi connectivity index (χ0) is 13.3. The molecule has 0 aromatic carbocycles. The summed E-state index contributed by atoms with van der Waals surface area (Å²) in [6.07, 6.45) is 2.04. The third kappa shape index (κ3) is 3.32. The minimum absolute atomic E-state index is 0.0553. The van der Waals surface area contributed by atoms with Crippen LogP contribution in [0.5, 0.6) is 0 Å². The van der Waals surface area contributed by atoms with Crippen LogP contribution in [0.25, 0.3) is 0 Å². The smallest absolute Gasteiger partial charge is 0.219 e. The highest BCUT2D eigenvalue weighted by atomic mass is 32.2. The van der Waals surface area contributed by atoms with Crippen molar-refractivity contribution in [1.29, 1.82) is 0 Å². The summed E-state index contributed by atoms with van der Waals surface area (Å²) in [6, 6.07) is 0.0886. The molecule has 3 N–H and O–H groups in total. The van der Waals surface area contributed by atoms with Crippen molar-refractivity contribution < 1.29 is 13.6 Å². The van der Waals surface area contributed by atoms with Gasteiger partial charge in [0.2, 0.25) is 10.0 Å². The van der Waals surface area contributed by atoms with Crippen molar-refractivity contribution in [3.8, 4) is 0 Å². The van der Waals surface area contributed by atoms with Gasteiger partial charge in [0.15, 0.2) is 0 Å². The van der Waals surface area contributed by atoms with Gasteiger partial charge >= 0.3 is 0 Å². The first-order valence-electron chi connectivity index (χ1n) is 5.68. The molecule has 0 saturated heterocycles. The molecule has 0 heterocycles. The average molecular weight is 263 g/mol. The van der Waals surface area contributed by atoms with Gasteiger partial charge in [0.05, 0.1) is 4.75 Å². The lowest BCUT2D eigenvalue weighted by Gasteiger charge is -2.29. The maximum atomic E-state index is 12.3. The zero-order valence-electron chi connectivity index (χ0n) is 10.5. The van der Waals surface area contributed by atoms with Gasteiger partial charge in [-0.05, 0) is 33.6 Å². The number of rotatable bonds is 5. The predicted molar refractivity (Wildman–Crippen MR) is 66.4 cm³/mol. The van der Waals surface area contributed by atoms with E-state index in [1.807, 2.05) is 0 Å². The van der Waals surface area contributed by atoms with Crippen LogP contribution < -0.4 is 5.73 Å². The molecular weight excluding hydrogens is 242 g/mol. The van der Waals surface area contributed by atoms with Crippen molar-refractivity contribution in [1.82, 2.24) is 4.31 Å². The van der Waals surface area contributed by atoms with E-state index in [1.54, 1.807) is 20.8 Å². The van der Waals surface area contributed by atoms with Crippen LogP contribution in [-0.2, 0) is 10.0 Å². The van der Waals surface area contributed by atoms with Crippen LogP contribution in [0.1, 0.15) is 40.0 Å². The van der Waals surface area contributed by atoms with Crippen molar-refractivity contribution in [3.05, 3.63) is 0 Å². The lowest BCUT2D eigenvalue weighted by molar-refractivity contribution is 0.315. The van der Waals surface area contributed by atoms with Gasteiger partial charge in [-0.3, -0.25) is 0 Å². The Morgan fingerprint density at radius 1 is 1.47 bits per heavy atom. The van der Waals surface area contributed by atoms with Crippen LogP contribution in [-0.4, -0.2) is 41.1 Å². The fourth-order valence-corrected chi connectivity index (χ4v) is 3.13. The molecule has 17 heavy (non-hydrogen) atoms. The minimum atomic E-state index is -3.34. The summed E-state index contributed by atoms with van der Waals surface area (Å²) >= 11 is 0. The van der Waals surface area contributed by atoms with E-state index in [1.165, 1.54) is 4.31 Å². The molecular formula is C10H21N3O3S. The van der Waals surface area contributed by atoms with E-state index >= 15 is 0 Å². The van der Waals surface area contributed by atoms with E-state index in [-0.39, 0.29) is 24.8 Å². The van der Waals surface area contributed by atoms with Gasteiger partial charge in [0.25, 0.3) is 0 Å². The highest BCUT2D eigenvalue weighted by molar-refractivity contribution is 7.90. The molecule has 0 bridgehead atoms. The molecule has 0 aliphatic heterocycles. The Kier molecular flexibility index (Phi) is 4.03. The number of hydrogen-bond donors (Lipinski definition) is 2. The van der Waals surface area contributed by atoms with Crippen LogP contribution in [0.3, 0.4) is 0 Å².